The van der Waals surface area contributed by atoms with Crippen molar-refractivity contribution in [3.63, 3.8) is 0 Å². The Morgan fingerprint density at radius 2 is 1.88 bits per heavy atom. The molecule has 1 aromatic heterocycles. The lowest BCUT2D eigenvalue weighted by molar-refractivity contribution is -0.120. The summed E-state index contributed by atoms with van der Waals surface area (Å²) in [6.45, 7) is 6.33. The Balaban J connectivity index is 1.34. The quantitative estimate of drug-likeness (QED) is 0.618. The van der Waals surface area contributed by atoms with Gasteiger partial charge in [-0.3, -0.25) is 9.69 Å². The van der Waals surface area contributed by atoms with Gasteiger partial charge in [0.2, 0.25) is 5.91 Å². The molecule has 2 heterocycles. The number of carbonyl (C=O) groups excluding carboxylic acids is 1. The lowest BCUT2D eigenvalue weighted by Gasteiger charge is -2.26. The highest BCUT2D eigenvalue weighted by atomic mass is 19.1. The maximum Gasteiger partial charge on any atom is 0.227 e. The minimum absolute atomic E-state index is 0.0765. The first-order valence-corrected chi connectivity index (χ1v) is 10.8. The average Bonchev–Trinajstić information content (AvgIpc) is 2.79. The minimum Gasteiger partial charge on any atom is -0.379 e. The highest BCUT2D eigenvalue weighted by Gasteiger charge is 2.13. The third kappa shape index (κ3) is 5.96. The number of benzene rings is 2. The fourth-order valence-corrected chi connectivity index (χ4v) is 3.72. The van der Waals surface area contributed by atoms with E-state index in [2.05, 4.69) is 20.2 Å². The average molecular weight is 435 g/mol. The van der Waals surface area contributed by atoms with Crippen molar-refractivity contribution in [1.82, 2.24) is 20.2 Å². The highest BCUT2D eigenvalue weighted by Crippen LogP contribution is 2.23. The van der Waals surface area contributed by atoms with Gasteiger partial charge < -0.3 is 10.1 Å². The van der Waals surface area contributed by atoms with E-state index >= 15 is 0 Å². The molecule has 0 atom stereocenters. The Bertz CT molecular complexity index is 1070. The van der Waals surface area contributed by atoms with Gasteiger partial charge in [0.15, 0.2) is 0 Å². The summed E-state index contributed by atoms with van der Waals surface area (Å²) in [5, 5.41) is 2.88. The van der Waals surface area contributed by atoms with Crippen LogP contribution in [-0.2, 0) is 29.0 Å². The Hall–Kier alpha value is -3.16. The van der Waals surface area contributed by atoms with Gasteiger partial charge in [-0.25, -0.2) is 14.4 Å². The molecule has 4 rings (SSSR count). The number of aryl methyl sites for hydroxylation is 1. The molecule has 1 saturated heterocycles. The van der Waals surface area contributed by atoms with Gasteiger partial charge in [-0.05, 0) is 24.1 Å². The van der Waals surface area contributed by atoms with Crippen LogP contribution in [0.15, 0.2) is 54.9 Å². The number of aromatic nitrogens is 2. The first-order chi connectivity index (χ1) is 15.6. The molecule has 1 N–H and O–H groups in total. The van der Waals surface area contributed by atoms with Gasteiger partial charge in [0.1, 0.15) is 11.6 Å². The van der Waals surface area contributed by atoms with Crippen LogP contribution in [0, 0.1) is 12.7 Å². The van der Waals surface area contributed by atoms with Crippen molar-refractivity contribution in [1.29, 1.82) is 0 Å². The van der Waals surface area contributed by atoms with E-state index in [0.717, 1.165) is 29.8 Å². The first kappa shape index (κ1) is 22.0. The van der Waals surface area contributed by atoms with E-state index in [1.165, 1.54) is 0 Å². The normalized spacial score (nSPS) is 14.3. The molecule has 6 nitrogen and oxygen atoms in total. The summed E-state index contributed by atoms with van der Waals surface area (Å²) in [6.07, 6.45) is 3.21. The third-order valence-electron chi connectivity index (χ3n) is 5.45. The number of ether oxygens (including phenoxy) is 1. The van der Waals surface area contributed by atoms with E-state index in [1.54, 1.807) is 24.5 Å². The predicted octanol–water partition coefficient (Wildman–Crippen LogP) is 3.28. The molecule has 1 aliphatic rings. The molecule has 1 amide bonds. The monoisotopic (exact) mass is 434 g/mol. The minimum atomic E-state index is -0.303. The largest absolute Gasteiger partial charge is 0.379 e. The molecule has 166 valence electrons. The maximum atomic E-state index is 14.7. The predicted molar refractivity (Wildman–Crippen MR) is 120 cm³/mol. The Morgan fingerprint density at radius 1 is 1.09 bits per heavy atom. The van der Waals surface area contributed by atoms with Crippen molar-refractivity contribution >= 4 is 5.91 Å². The summed E-state index contributed by atoms with van der Waals surface area (Å²) < 4.78 is 20.1. The topological polar surface area (TPSA) is 67.4 Å². The molecule has 0 bridgehead atoms. The smallest absolute Gasteiger partial charge is 0.227 e. The number of nitrogens with zero attached hydrogens (tertiary/aromatic N) is 3. The van der Waals surface area contributed by atoms with Crippen LogP contribution in [0.25, 0.3) is 11.1 Å². The van der Waals surface area contributed by atoms with Crippen LogP contribution in [-0.4, -0.2) is 47.1 Å². The number of amides is 1. The van der Waals surface area contributed by atoms with Gasteiger partial charge in [0, 0.05) is 49.7 Å². The molecule has 7 heteroatoms. The van der Waals surface area contributed by atoms with Crippen LogP contribution < -0.4 is 5.32 Å². The van der Waals surface area contributed by atoms with Crippen molar-refractivity contribution in [2.75, 3.05) is 26.3 Å². The fraction of sp³-hybridized carbons (Fsp3) is 0.320. The van der Waals surface area contributed by atoms with Gasteiger partial charge in [-0.15, -0.1) is 0 Å². The first-order valence-electron chi connectivity index (χ1n) is 10.8. The van der Waals surface area contributed by atoms with Gasteiger partial charge in [0.05, 0.1) is 19.6 Å². The van der Waals surface area contributed by atoms with Crippen molar-refractivity contribution in [3.05, 3.63) is 83.2 Å². The van der Waals surface area contributed by atoms with Crippen LogP contribution >= 0.6 is 0 Å². The van der Waals surface area contributed by atoms with E-state index < -0.39 is 0 Å². The number of hydrogen-bond donors (Lipinski definition) is 1. The zero-order chi connectivity index (χ0) is 22.3. The Morgan fingerprint density at radius 3 is 2.59 bits per heavy atom. The third-order valence-corrected chi connectivity index (χ3v) is 5.45. The Labute approximate surface area is 187 Å². The van der Waals surface area contributed by atoms with Gasteiger partial charge in [-0.1, -0.05) is 42.0 Å². The van der Waals surface area contributed by atoms with Gasteiger partial charge in [0.25, 0.3) is 0 Å². The number of nitrogens with one attached hydrogen (secondary N) is 1. The van der Waals surface area contributed by atoms with Gasteiger partial charge in [-0.2, -0.15) is 0 Å². The molecule has 0 unspecified atom stereocenters. The molecular formula is C25H27FN4O2. The van der Waals surface area contributed by atoms with Crippen LogP contribution in [0.4, 0.5) is 4.39 Å². The summed E-state index contributed by atoms with van der Waals surface area (Å²) >= 11 is 0. The molecule has 0 aliphatic carbocycles. The Kier molecular flexibility index (Phi) is 7.19. The number of hydrogen-bond acceptors (Lipinski definition) is 5. The van der Waals surface area contributed by atoms with E-state index in [9.17, 15) is 9.18 Å². The SMILES string of the molecule is Cc1cccc(CNC(=O)Cc2ncc(-c3ccc(CN4CCOCC4)cc3F)cn2)c1. The summed E-state index contributed by atoms with van der Waals surface area (Å²) in [4.78, 5) is 23.0. The van der Waals surface area contributed by atoms with Crippen molar-refractivity contribution in [2.24, 2.45) is 0 Å². The van der Waals surface area contributed by atoms with Gasteiger partial charge >= 0.3 is 0 Å². The molecule has 32 heavy (non-hydrogen) atoms. The van der Waals surface area contributed by atoms with Crippen LogP contribution in [0.3, 0.4) is 0 Å². The van der Waals surface area contributed by atoms with E-state index in [0.29, 0.717) is 43.3 Å². The van der Waals surface area contributed by atoms with Crippen LogP contribution in [0.2, 0.25) is 0 Å². The number of halogens is 1. The molecular weight excluding hydrogens is 407 g/mol. The maximum absolute atomic E-state index is 14.7. The second-order valence-electron chi connectivity index (χ2n) is 8.03. The number of carbonyl (C=O) groups is 1. The van der Waals surface area contributed by atoms with Crippen molar-refractivity contribution in [2.45, 2.75) is 26.4 Å². The lowest BCUT2D eigenvalue weighted by Crippen LogP contribution is -2.35. The summed E-state index contributed by atoms with van der Waals surface area (Å²) in [6, 6.07) is 13.2. The lowest BCUT2D eigenvalue weighted by atomic mass is 10.1. The van der Waals surface area contributed by atoms with Crippen LogP contribution in [0.1, 0.15) is 22.5 Å². The molecule has 2 aromatic carbocycles. The summed E-state index contributed by atoms with van der Waals surface area (Å²) in [5.41, 5.74) is 4.16. The fourth-order valence-electron chi connectivity index (χ4n) is 3.72. The van der Waals surface area contributed by atoms with E-state index in [4.69, 9.17) is 4.74 Å². The number of rotatable bonds is 7. The standard InChI is InChI=1S/C25H27FN4O2/c1-18-3-2-4-19(11-18)14-29-25(31)13-24-27-15-21(16-28-24)22-6-5-20(12-23(22)26)17-30-7-9-32-10-8-30/h2-6,11-12,15-16H,7-10,13-14,17H2,1H3,(H,29,31). The van der Waals surface area contributed by atoms with Crippen molar-refractivity contribution in [3.8, 4) is 11.1 Å². The molecule has 0 saturated carbocycles. The molecule has 0 spiro atoms. The van der Waals surface area contributed by atoms with E-state index in [1.807, 2.05) is 37.3 Å². The summed E-state index contributed by atoms with van der Waals surface area (Å²) in [7, 11) is 0. The van der Waals surface area contributed by atoms with Crippen LogP contribution in [0.5, 0.6) is 0 Å². The highest BCUT2D eigenvalue weighted by molar-refractivity contribution is 5.77. The zero-order valence-corrected chi connectivity index (χ0v) is 18.2. The second-order valence-corrected chi connectivity index (χ2v) is 8.03. The summed E-state index contributed by atoms with van der Waals surface area (Å²) in [5.74, 6) is -0.0549. The molecule has 1 fully saturated rings. The van der Waals surface area contributed by atoms with E-state index in [-0.39, 0.29) is 18.1 Å². The molecule has 1 aliphatic heterocycles. The molecule has 0 radical (unpaired) electrons. The zero-order valence-electron chi connectivity index (χ0n) is 18.2. The molecule has 3 aromatic rings. The van der Waals surface area contributed by atoms with Crippen molar-refractivity contribution < 1.29 is 13.9 Å². The second kappa shape index (κ2) is 10.4. The number of morpholine rings is 1.